The van der Waals surface area contributed by atoms with Gasteiger partial charge in [0, 0.05) is 28.0 Å². The lowest BCUT2D eigenvalue weighted by Crippen LogP contribution is -2.03. The zero-order valence-electron chi connectivity index (χ0n) is 11.8. The molecule has 0 atom stereocenters. The Morgan fingerprint density at radius 3 is 2.90 bits per heavy atom. The van der Waals surface area contributed by atoms with Crippen molar-refractivity contribution >= 4 is 11.8 Å². The first-order valence-corrected chi connectivity index (χ1v) is 8.10. The van der Waals surface area contributed by atoms with E-state index in [1.807, 2.05) is 24.0 Å². The normalized spacial score (nSPS) is 12.8. The van der Waals surface area contributed by atoms with Gasteiger partial charge in [0.1, 0.15) is 0 Å². The van der Waals surface area contributed by atoms with E-state index in [-0.39, 0.29) is 0 Å². The minimum atomic E-state index is 0.957. The van der Waals surface area contributed by atoms with Crippen LogP contribution in [-0.4, -0.2) is 14.8 Å². The number of thioether (sulfide) groups is 1. The van der Waals surface area contributed by atoms with Crippen LogP contribution >= 0.6 is 11.8 Å². The molecule has 0 saturated heterocycles. The lowest BCUT2D eigenvalue weighted by molar-refractivity contribution is 0.841. The van der Waals surface area contributed by atoms with Crippen LogP contribution in [0.4, 0.5) is 0 Å². The Balaban J connectivity index is 2.01. The molecular formula is C17H15N3S. The molecular weight excluding hydrogens is 278 g/mol. The third-order valence-corrected chi connectivity index (χ3v) is 4.91. The van der Waals surface area contributed by atoms with Crippen LogP contribution in [0.2, 0.25) is 0 Å². The second-order valence-electron chi connectivity index (χ2n) is 5.04. The SMILES string of the molecule is CCc1nn(-c2cccnc2)c2c1CSc1ccccc1-2. The van der Waals surface area contributed by atoms with Gasteiger partial charge >= 0.3 is 0 Å². The highest BCUT2D eigenvalue weighted by Crippen LogP contribution is 2.43. The molecule has 3 nitrogen and oxygen atoms in total. The van der Waals surface area contributed by atoms with E-state index in [9.17, 15) is 0 Å². The third kappa shape index (κ3) is 1.98. The second-order valence-corrected chi connectivity index (χ2v) is 6.05. The summed E-state index contributed by atoms with van der Waals surface area (Å²) in [7, 11) is 0. The maximum absolute atomic E-state index is 4.84. The molecule has 1 aliphatic rings. The van der Waals surface area contributed by atoms with E-state index in [0.29, 0.717) is 0 Å². The van der Waals surface area contributed by atoms with Crippen LogP contribution in [0.5, 0.6) is 0 Å². The van der Waals surface area contributed by atoms with Gasteiger partial charge in [0.05, 0.1) is 23.3 Å². The summed E-state index contributed by atoms with van der Waals surface area (Å²) in [6.07, 6.45) is 4.62. The van der Waals surface area contributed by atoms with Gasteiger partial charge in [-0.05, 0) is 24.6 Å². The summed E-state index contributed by atoms with van der Waals surface area (Å²) < 4.78 is 2.06. The fraction of sp³-hybridized carbons (Fsp3) is 0.176. The summed E-state index contributed by atoms with van der Waals surface area (Å²) in [6.45, 7) is 2.17. The number of aryl methyl sites for hydroxylation is 1. The van der Waals surface area contributed by atoms with Crippen molar-refractivity contribution in [2.45, 2.75) is 24.0 Å². The molecule has 0 fully saturated rings. The Kier molecular flexibility index (Phi) is 3.04. The molecule has 0 spiro atoms. The highest BCUT2D eigenvalue weighted by Gasteiger charge is 2.25. The maximum atomic E-state index is 4.84. The van der Waals surface area contributed by atoms with E-state index in [1.54, 1.807) is 6.20 Å². The number of aromatic nitrogens is 3. The van der Waals surface area contributed by atoms with E-state index in [1.165, 1.54) is 27.4 Å². The largest absolute Gasteiger partial charge is 0.262 e. The van der Waals surface area contributed by atoms with Crippen molar-refractivity contribution in [3.05, 3.63) is 60.0 Å². The topological polar surface area (TPSA) is 30.7 Å². The third-order valence-electron chi connectivity index (χ3n) is 3.81. The van der Waals surface area contributed by atoms with Gasteiger partial charge in [-0.1, -0.05) is 25.1 Å². The molecule has 2 aromatic heterocycles. The van der Waals surface area contributed by atoms with Gasteiger partial charge in [-0.25, -0.2) is 4.68 Å². The Morgan fingerprint density at radius 2 is 2.10 bits per heavy atom. The van der Waals surface area contributed by atoms with Crippen LogP contribution in [0.25, 0.3) is 16.9 Å². The minimum Gasteiger partial charge on any atom is -0.262 e. The Bertz CT molecular complexity index is 793. The molecule has 0 saturated carbocycles. The Morgan fingerprint density at radius 1 is 1.19 bits per heavy atom. The van der Waals surface area contributed by atoms with Crippen LogP contribution in [-0.2, 0) is 12.2 Å². The molecule has 1 aliphatic heterocycles. The van der Waals surface area contributed by atoms with Crippen molar-refractivity contribution in [1.29, 1.82) is 0 Å². The zero-order valence-corrected chi connectivity index (χ0v) is 12.6. The second kappa shape index (κ2) is 5.04. The summed E-state index contributed by atoms with van der Waals surface area (Å²) in [5.41, 5.74) is 6.09. The fourth-order valence-electron chi connectivity index (χ4n) is 2.81. The van der Waals surface area contributed by atoms with E-state index in [2.05, 4.69) is 46.9 Å². The highest BCUT2D eigenvalue weighted by atomic mass is 32.2. The summed E-state index contributed by atoms with van der Waals surface area (Å²) in [6, 6.07) is 12.6. The molecule has 0 amide bonds. The summed E-state index contributed by atoms with van der Waals surface area (Å²) in [4.78, 5) is 5.57. The van der Waals surface area contributed by atoms with Gasteiger partial charge < -0.3 is 0 Å². The molecule has 3 heterocycles. The molecule has 0 N–H and O–H groups in total. The van der Waals surface area contributed by atoms with Crippen LogP contribution < -0.4 is 0 Å². The minimum absolute atomic E-state index is 0.957. The molecule has 0 unspecified atom stereocenters. The predicted octanol–water partition coefficient (Wildman–Crippen LogP) is 4.10. The van der Waals surface area contributed by atoms with Crippen LogP contribution in [0, 0.1) is 0 Å². The quantitative estimate of drug-likeness (QED) is 0.712. The smallest absolute Gasteiger partial charge is 0.0836 e. The molecule has 3 aromatic rings. The lowest BCUT2D eigenvalue weighted by atomic mass is 10.0. The number of hydrogen-bond donors (Lipinski definition) is 0. The van der Waals surface area contributed by atoms with Gasteiger partial charge in [0.2, 0.25) is 0 Å². The molecule has 4 rings (SSSR count). The average molecular weight is 293 g/mol. The predicted molar refractivity (Wildman–Crippen MR) is 85.7 cm³/mol. The highest BCUT2D eigenvalue weighted by molar-refractivity contribution is 7.98. The van der Waals surface area contributed by atoms with Gasteiger partial charge in [-0.2, -0.15) is 5.10 Å². The van der Waals surface area contributed by atoms with Crippen molar-refractivity contribution in [2.24, 2.45) is 0 Å². The van der Waals surface area contributed by atoms with Crippen molar-refractivity contribution in [3.8, 4) is 16.9 Å². The number of benzene rings is 1. The monoisotopic (exact) mass is 293 g/mol. The van der Waals surface area contributed by atoms with Crippen molar-refractivity contribution < 1.29 is 0 Å². The summed E-state index contributed by atoms with van der Waals surface area (Å²) in [5, 5.41) is 4.84. The van der Waals surface area contributed by atoms with Crippen molar-refractivity contribution in [1.82, 2.24) is 14.8 Å². The number of fused-ring (bicyclic) bond motifs is 3. The molecule has 4 heteroatoms. The molecule has 1 aromatic carbocycles. The van der Waals surface area contributed by atoms with E-state index in [4.69, 9.17) is 5.10 Å². The zero-order chi connectivity index (χ0) is 14.2. The molecule has 104 valence electrons. The summed E-state index contributed by atoms with van der Waals surface area (Å²) >= 11 is 1.90. The Hall–Kier alpha value is -2.07. The molecule has 0 aliphatic carbocycles. The first-order valence-electron chi connectivity index (χ1n) is 7.12. The molecule has 0 bridgehead atoms. The van der Waals surface area contributed by atoms with Crippen molar-refractivity contribution in [3.63, 3.8) is 0 Å². The first kappa shape index (κ1) is 12.7. The van der Waals surface area contributed by atoms with Crippen LogP contribution in [0.3, 0.4) is 0 Å². The van der Waals surface area contributed by atoms with Gasteiger partial charge in [-0.15, -0.1) is 11.8 Å². The van der Waals surface area contributed by atoms with Gasteiger partial charge in [0.25, 0.3) is 0 Å². The van der Waals surface area contributed by atoms with Crippen LogP contribution in [0.15, 0.2) is 53.7 Å². The summed E-state index contributed by atoms with van der Waals surface area (Å²) in [5.74, 6) is 0.996. The molecule has 21 heavy (non-hydrogen) atoms. The number of rotatable bonds is 2. The lowest BCUT2D eigenvalue weighted by Gasteiger charge is -2.18. The van der Waals surface area contributed by atoms with Gasteiger partial charge in [-0.3, -0.25) is 4.98 Å². The van der Waals surface area contributed by atoms with Crippen LogP contribution in [0.1, 0.15) is 18.2 Å². The van der Waals surface area contributed by atoms with Gasteiger partial charge in [0.15, 0.2) is 0 Å². The van der Waals surface area contributed by atoms with Crippen molar-refractivity contribution in [2.75, 3.05) is 0 Å². The number of pyridine rings is 1. The standard InChI is InChI=1S/C17H15N3S/c1-2-15-14-11-21-16-8-4-3-7-13(16)17(14)20(19-15)12-6-5-9-18-10-12/h3-10H,2,11H2,1H3. The van der Waals surface area contributed by atoms with E-state index >= 15 is 0 Å². The maximum Gasteiger partial charge on any atom is 0.0836 e. The number of nitrogens with zero attached hydrogens (tertiary/aromatic N) is 3. The molecule has 0 radical (unpaired) electrons. The number of hydrogen-bond acceptors (Lipinski definition) is 3. The van der Waals surface area contributed by atoms with E-state index in [0.717, 1.165) is 17.9 Å². The fourth-order valence-corrected chi connectivity index (χ4v) is 3.91. The van der Waals surface area contributed by atoms with E-state index < -0.39 is 0 Å². The average Bonchev–Trinajstić information content (AvgIpc) is 2.95. The first-order chi connectivity index (χ1) is 10.4. The Labute approximate surface area is 128 Å².